The highest BCUT2D eigenvalue weighted by molar-refractivity contribution is 8.26. The lowest BCUT2D eigenvalue weighted by Gasteiger charge is -2.37. The smallest absolute Gasteiger partial charge is 0.267 e. The number of hydrogen-bond donors (Lipinski definition) is 0. The van der Waals surface area contributed by atoms with E-state index in [1.54, 1.807) is 48.9 Å². The number of carbonyl (C=O) groups excluding carboxylic acids is 1. The maximum Gasteiger partial charge on any atom is 0.267 e. The topological polar surface area (TPSA) is 74.3 Å². The summed E-state index contributed by atoms with van der Waals surface area (Å²) in [7, 11) is 0. The van der Waals surface area contributed by atoms with Gasteiger partial charge in [0.25, 0.3) is 11.5 Å². The number of fused-ring (bicyclic) bond motifs is 1. The van der Waals surface area contributed by atoms with Crippen LogP contribution in [0.3, 0.4) is 0 Å². The van der Waals surface area contributed by atoms with Gasteiger partial charge in [0.05, 0.1) is 29.0 Å². The van der Waals surface area contributed by atoms with Crippen molar-refractivity contribution in [3.63, 3.8) is 0 Å². The highest BCUT2D eigenvalue weighted by atomic mass is 32.2. The van der Waals surface area contributed by atoms with Crippen LogP contribution in [-0.4, -0.2) is 50.7 Å². The Balaban J connectivity index is 1.37. The lowest BCUT2D eigenvalue weighted by molar-refractivity contribution is -0.122. The number of furan rings is 1. The van der Waals surface area contributed by atoms with E-state index in [-0.39, 0.29) is 23.8 Å². The molecule has 1 amide bonds. The molecule has 11 heteroatoms. The third kappa shape index (κ3) is 4.72. The molecule has 198 valence electrons. The fourth-order valence-corrected chi connectivity index (χ4v) is 6.10. The number of rotatable bonds is 5. The summed E-state index contributed by atoms with van der Waals surface area (Å²) in [5, 5.41) is 0. The Morgan fingerprint density at radius 1 is 1.05 bits per heavy atom. The van der Waals surface area contributed by atoms with E-state index in [1.165, 1.54) is 15.4 Å². The minimum absolute atomic E-state index is 0.216. The molecule has 39 heavy (non-hydrogen) atoms. The van der Waals surface area contributed by atoms with E-state index in [0.29, 0.717) is 63.9 Å². The molecule has 8 nitrogen and oxygen atoms in total. The third-order valence-corrected chi connectivity index (χ3v) is 8.26. The zero-order valence-electron chi connectivity index (χ0n) is 21.0. The number of nitrogens with zero attached hydrogens (tertiary/aromatic N) is 5. The van der Waals surface area contributed by atoms with Crippen molar-refractivity contribution >= 4 is 57.4 Å². The molecule has 0 N–H and O–H groups in total. The SMILES string of the molecule is Cc1cccn2c(=O)c(C=C3SC(=S)N(Cc4ccco4)C3=O)c(N3CCN(c4ccccc4F)CC3)nc12. The maximum atomic E-state index is 14.4. The Kier molecular flexibility index (Phi) is 6.69. The summed E-state index contributed by atoms with van der Waals surface area (Å²) in [5.74, 6) is 0.564. The summed E-state index contributed by atoms with van der Waals surface area (Å²) < 4.78 is 21.7. The molecule has 1 aromatic carbocycles. The molecule has 0 bridgehead atoms. The number of benzene rings is 1. The van der Waals surface area contributed by atoms with Crippen molar-refractivity contribution in [2.24, 2.45) is 0 Å². The lowest BCUT2D eigenvalue weighted by Crippen LogP contribution is -2.47. The van der Waals surface area contributed by atoms with Gasteiger partial charge in [-0.15, -0.1) is 0 Å². The highest BCUT2D eigenvalue weighted by Gasteiger charge is 2.34. The Bertz CT molecular complexity index is 1680. The third-order valence-electron chi connectivity index (χ3n) is 6.88. The second kappa shape index (κ2) is 10.3. The van der Waals surface area contributed by atoms with Crippen molar-refractivity contribution in [2.75, 3.05) is 36.0 Å². The number of thiocarbonyl (C=S) groups is 1. The van der Waals surface area contributed by atoms with Crippen LogP contribution in [-0.2, 0) is 11.3 Å². The number of pyridine rings is 1. The zero-order chi connectivity index (χ0) is 27.1. The largest absolute Gasteiger partial charge is 0.467 e. The molecule has 4 aromatic rings. The van der Waals surface area contributed by atoms with E-state index >= 15 is 0 Å². The first-order valence-corrected chi connectivity index (χ1v) is 13.7. The van der Waals surface area contributed by atoms with Gasteiger partial charge in [-0.2, -0.15) is 0 Å². The van der Waals surface area contributed by atoms with Gasteiger partial charge < -0.3 is 14.2 Å². The molecule has 2 aliphatic rings. The van der Waals surface area contributed by atoms with Gasteiger partial charge in [-0.25, -0.2) is 9.37 Å². The van der Waals surface area contributed by atoms with Crippen molar-refractivity contribution in [3.8, 4) is 0 Å². The zero-order valence-corrected chi connectivity index (χ0v) is 22.7. The van der Waals surface area contributed by atoms with Crippen molar-refractivity contribution in [2.45, 2.75) is 13.5 Å². The van der Waals surface area contributed by atoms with Gasteiger partial charge in [-0.1, -0.05) is 42.2 Å². The molecule has 0 unspecified atom stereocenters. The Labute approximate surface area is 233 Å². The van der Waals surface area contributed by atoms with Crippen LogP contribution >= 0.6 is 24.0 Å². The number of piperazine rings is 1. The minimum Gasteiger partial charge on any atom is -0.467 e. The quantitative estimate of drug-likeness (QED) is 0.261. The van der Waals surface area contributed by atoms with E-state index in [2.05, 4.69) is 0 Å². The molecule has 2 saturated heterocycles. The second-order valence-electron chi connectivity index (χ2n) is 9.31. The van der Waals surface area contributed by atoms with Gasteiger partial charge in [0.15, 0.2) is 0 Å². The van der Waals surface area contributed by atoms with Crippen molar-refractivity contribution in [1.29, 1.82) is 0 Å². The van der Waals surface area contributed by atoms with Crippen LogP contribution in [0.1, 0.15) is 16.9 Å². The van der Waals surface area contributed by atoms with E-state index in [1.807, 2.05) is 28.9 Å². The first-order valence-electron chi connectivity index (χ1n) is 12.4. The van der Waals surface area contributed by atoms with Crippen LogP contribution < -0.4 is 15.4 Å². The average Bonchev–Trinajstić information content (AvgIpc) is 3.55. The summed E-state index contributed by atoms with van der Waals surface area (Å²) in [5.41, 5.74) is 2.01. The van der Waals surface area contributed by atoms with Crippen LogP contribution in [0, 0.1) is 12.7 Å². The van der Waals surface area contributed by atoms with Gasteiger partial charge in [-0.3, -0.25) is 18.9 Å². The molecular weight excluding hydrogens is 537 g/mol. The molecule has 2 aliphatic heterocycles. The van der Waals surface area contributed by atoms with Crippen LogP contribution in [0.15, 0.2) is 75.1 Å². The fraction of sp³-hybridized carbons (Fsp3) is 0.214. The molecule has 0 radical (unpaired) electrons. The molecule has 5 heterocycles. The minimum atomic E-state index is -0.287. The van der Waals surface area contributed by atoms with Crippen LogP contribution in [0.25, 0.3) is 11.7 Å². The number of carbonyl (C=O) groups is 1. The summed E-state index contributed by atoms with van der Waals surface area (Å²) in [6.07, 6.45) is 4.83. The number of hydrogen-bond acceptors (Lipinski definition) is 8. The lowest BCUT2D eigenvalue weighted by atomic mass is 10.2. The number of thioether (sulfide) groups is 1. The predicted octanol–water partition coefficient (Wildman–Crippen LogP) is 4.46. The number of amides is 1. The summed E-state index contributed by atoms with van der Waals surface area (Å²) in [4.78, 5) is 37.9. The Hall–Kier alpha value is -3.96. The van der Waals surface area contributed by atoms with Gasteiger partial charge in [0.2, 0.25) is 0 Å². The van der Waals surface area contributed by atoms with Gasteiger partial charge in [0.1, 0.15) is 27.4 Å². The average molecular weight is 562 g/mol. The van der Waals surface area contributed by atoms with E-state index < -0.39 is 0 Å². The van der Waals surface area contributed by atoms with Crippen LogP contribution in [0.4, 0.5) is 15.9 Å². The molecule has 0 atom stereocenters. The van der Waals surface area contributed by atoms with Crippen molar-refractivity contribution < 1.29 is 13.6 Å². The number of aryl methyl sites for hydroxylation is 1. The molecule has 0 saturated carbocycles. The van der Waals surface area contributed by atoms with Crippen molar-refractivity contribution in [1.82, 2.24) is 14.3 Å². The maximum absolute atomic E-state index is 14.4. The molecule has 0 spiro atoms. The first kappa shape index (κ1) is 25.3. The van der Waals surface area contributed by atoms with Gasteiger partial charge >= 0.3 is 0 Å². The van der Waals surface area contributed by atoms with Crippen LogP contribution in [0.5, 0.6) is 0 Å². The van der Waals surface area contributed by atoms with Crippen molar-refractivity contribution in [3.05, 3.63) is 99.0 Å². The standard InChI is InChI=1S/C28H24FN5O3S2/c1-18-6-4-10-33-24(18)30-25(32-13-11-31(12-14-32)22-9-3-2-8-21(22)29)20(26(33)35)16-23-27(36)34(28(38)39-23)17-19-7-5-15-37-19/h2-10,15-16H,11-14,17H2,1H3. The number of aromatic nitrogens is 2. The number of halogens is 1. The fourth-order valence-electron chi connectivity index (χ4n) is 4.86. The van der Waals surface area contributed by atoms with E-state index in [0.717, 1.165) is 17.3 Å². The summed E-state index contributed by atoms with van der Waals surface area (Å²) in [6, 6.07) is 14.0. The van der Waals surface area contributed by atoms with E-state index in [9.17, 15) is 14.0 Å². The summed E-state index contributed by atoms with van der Waals surface area (Å²) in [6.45, 7) is 4.29. The number of para-hydroxylation sites is 1. The Morgan fingerprint density at radius 2 is 1.82 bits per heavy atom. The highest BCUT2D eigenvalue weighted by Crippen LogP contribution is 2.35. The molecular formula is C28H24FN5O3S2. The molecule has 2 fully saturated rings. The molecule has 6 rings (SSSR count). The first-order chi connectivity index (χ1) is 18.9. The second-order valence-corrected chi connectivity index (χ2v) is 11.0. The summed E-state index contributed by atoms with van der Waals surface area (Å²) >= 11 is 6.63. The van der Waals surface area contributed by atoms with Crippen LogP contribution in [0.2, 0.25) is 0 Å². The van der Waals surface area contributed by atoms with E-state index in [4.69, 9.17) is 21.6 Å². The molecule has 3 aromatic heterocycles. The molecule has 0 aliphatic carbocycles. The number of anilines is 2. The Morgan fingerprint density at radius 3 is 2.56 bits per heavy atom. The van der Waals surface area contributed by atoms with Gasteiger partial charge in [-0.05, 0) is 48.9 Å². The monoisotopic (exact) mass is 561 g/mol. The predicted molar refractivity (Wildman–Crippen MR) is 154 cm³/mol. The van der Waals surface area contributed by atoms with Gasteiger partial charge in [0, 0.05) is 32.4 Å². The normalized spacial score (nSPS) is 17.2.